The SMILES string of the molecule is [2H]c1cc2c(oc3c(-c4cc(-c5ccccc5C([2H])([2H])[2H])c(C([2H])([2H])C([2H])([2H])c5cc(CC(C)(C)c6ccc(-c7[c-]cccc7)nc6)cc(CC(C)(C)c6ccc(-c7[c-]cccc7)nc6)c5)cn4)[c-]ccc32)c([2H])c1C#N.[Ir+3]. The molecule has 0 saturated heterocycles. The number of hydrogen-bond donors (Lipinski definition) is 0. The molecule has 0 spiro atoms. The summed E-state index contributed by atoms with van der Waals surface area (Å²) in [4.78, 5) is 14.4. The van der Waals surface area contributed by atoms with Crippen molar-refractivity contribution in [1.82, 2.24) is 15.0 Å². The molecule has 69 heavy (non-hydrogen) atoms. The number of nitriles is 1. The maximum Gasteiger partial charge on any atom is 3.00 e. The van der Waals surface area contributed by atoms with Gasteiger partial charge in [-0.25, -0.2) is 0 Å². The number of benzene rings is 6. The monoisotopic (exact) mass is 1080 g/mol. The molecule has 0 saturated carbocycles. The van der Waals surface area contributed by atoms with Crippen LogP contribution in [0, 0.1) is 36.4 Å². The fourth-order valence-corrected chi connectivity index (χ4v) is 8.91. The third-order valence-corrected chi connectivity index (χ3v) is 12.5. The van der Waals surface area contributed by atoms with Crippen molar-refractivity contribution in [2.24, 2.45) is 0 Å². The van der Waals surface area contributed by atoms with Gasteiger partial charge in [-0.15, -0.1) is 90.0 Å². The van der Waals surface area contributed by atoms with Crippen molar-refractivity contribution >= 4 is 21.9 Å². The second-order valence-electron chi connectivity index (χ2n) is 18.3. The van der Waals surface area contributed by atoms with E-state index in [1.54, 1.807) is 42.5 Å². The summed E-state index contributed by atoms with van der Waals surface area (Å²) in [5.74, 6) is 0. The van der Waals surface area contributed by atoms with Crippen molar-refractivity contribution in [1.29, 1.82) is 5.26 Å². The summed E-state index contributed by atoms with van der Waals surface area (Å²) < 4.78 is 89.3. The molecule has 0 bridgehead atoms. The van der Waals surface area contributed by atoms with Crippen LogP contribution in [0.2, 0.25) is 0 Å². The number of furan rings is 1. The Labute approximate surface area is 432 Å². The van der Waals surface area contributed by atoms with Gasteiger partial charge in [0.25, 0.3) is 0 Å². The number of nitrogens with zero attached hydrogens (tertiary/aromatic N) is 4. The van der Waals surface area contributed by atoms with Crippen LogP contribution in [0.1, 0.15) is 84.5 Å². The second-order valence-corrected chi connectivity index (χ2v) is 18.3. The largest absolute Gasteiger partial charge is 3.00 e. The maximum atomic E-state index is 10.0. The van der Waals surface area contributed by atoms with Crippen molar-refractivity contribution in [2.45, 2.75) is 71.0 Å². The number of aryl methyl sites for hydroxylation is 3. The van der Waals surface area contributed by atoms with E-state index >= 15 is 0 Å². The quantitative estimate of drug-likeness (QED) is 0.108. The van der Waals surface area contributed by atoms with Gasteiger partial charge in [0.15, 0.2) is 0 Å². The molecule has 0 amide bonds. The first-order valence-electron chi connectivity index (χ1n) is 27.0. The summed E-state index contributed by atoms with van der Waals surface area (Å²) in [5.41, 5.74) is 6.45. The standard InChI is InChI=1S/C63H51N4O.Ir/c1-42-15-12-13-20-52(42)56-35-59(55-22-14-21-54-53-28-24-44(38-64)34-60(53)68-61(54)55)65-39-49(56)25-23-43-31-45(36-62(2,3)50-26-29-57(66-40-50)47-16-8-6-9-17-47)33-46(32-43)37-63(4,5)51-27-30-58(67-41-51)48-18-10-7-11-19-48;/h6-16,18,20-21,24,26-35,39-41H,23,25,36-37H2,1-5H3;/q-3;+3/i1D3,23D2,24D,25D2,34D;. The average Bonchev–Trinajstić information content (AvgIpc) is 3.83. The molecule has 0 aliphatic rings. The van der Waals surface area contributed by atoms with Gasteiger partial charge >= 0.3 is 20.1 Å². The Morgan fingerprint density at radius 3 is 1.86 bits per heavy atom. The fourth-order valence-electron chi connectivity index (χ4n) is 8.91. The van der Waals surface area contributed by atoms with Gasteiger partial charge in [0.2, 0.25) is 0 Å². The maximum absolute atomic E-state index is 10.0. The molecule has 4 heterocycles. The minimum Gasteiger partial charge on any atom is -0.501 e. The van der Waals surface area contributed by atoms with Crippen molar-refractivity contribution < 1.29 is 36.9 Å². The Morgan fingerprint density at radius 2 is 1.26 bits per heavy atom. The topological polar surface area (TPSA) is 75.6 Å². The zero-order valence-corrected chi connectivity index (χ0v) is 40.9. The Kier molecular flexibility index (Phi) is 10.5. The molecule has 0 fully saturated rings. The van der Waals surface area contributed by atoms with E-state index in [-0.39, 0.29) is 82.4 Å². The summed E-state index contributed by atoms with van der Waals surface area (Å²) in [7, 11) is 0. The van der Waals surface area contributed by atoms with Crippen LogP contribution in [-0.2, 0) is 56.5 Å². The molecule has 10 rings (SSSR count). The van der Waals surface area contributed by atoms with Crippen LogP contribution in [0.3, 0.4) is 0 Å². The molecule has 5 nitrogen and oxygen atoms in total. The van der Waals surface area contributed by atoms with Crippen LogP contribution < -0.4 is 0 Å². The molecule has 6 heteroatoms. The van der Waals surface area contributed by atoms with Crippen LogP contribution in [0.15, 0.2) is 175 Å². The first-order valence-corrected chi connectivity index (χ1v) is 22.5. The molecule has 0 aliphatic carbocycles. The van der Waals surface area contributed by atoms with Crippen molar-refractivity contribution in [3.8, 4) is 51.0 Å². The Hall–Kier alpha value is -7.29. The van der Waals surface area contributed by atoms with Crippen LogP contribution >= 0.6 is 0 Å². The van der Waals surface area contributed by atoms with E-state index in [2.05, 4.69) is 52.0 Å². The van der Waals surface area contributed by atoms with Crippen molar-refractivity contribution in [3.05, 3.63) is 233 Å². The van der Waals surface area contributed by atoms with Gasteiger partial charge < -0.3 is 19.4 Å². The zero-order valence-electron chi connectivity index (χ0n) is 47.5. The van der Waals surface area contributed by atoms with E-state index in [4.69, 9.17) is 26.2 Å². The van der Waals surface area contributed by atoms with Crippen LogP contribution in [0.5, 0.6) is 0 Å². The van der Waals surface area contributed by atoms with Crippen molar-refractivity contribution in [2.75, 3.05) is 0 Å². The molecule has 6 aromatic carbocycles. The Balaban J connectivity index is 0.00000740. The minimum atomic E-state index is -2.87. The number of pyridine rings is 3. The molecule has 0 aliphatic heterocycles. The number of fused-ring (bicyclic) bond motifs is 3. The van der Waals surface area contributed by atoms with Gasteiger partial charge in [-0.05, 0) is 123 Å². The van der Waals surface area contributed by atoms with E-state index in [9.17, 15) is 10.7 Å². The third-order valence-electron chi connectivity index (χ3n) is 12.5. The summed E-state index contributed by atoms with van der Waals surface area (Å²) >= 11 is 0. The smallest absolute Gasteiger partial charge is 0.501 e. The molecule has 10 aromatic rings. The van der Waals surface area contributed by atoms with E-state index in [0.29, 0.717) is 29.2 Å². The van der Waals surface area contributed by atoms with Crippen molar-refractivity contribution in [3.63, 3.8) is 0 Å². The number of rotatable bonds is 13. The van der Waals surface area contributed by atoms with Gasteiger partial charge in [-0.3, -0.25) is 0 Å². The van der Waals surface area contributed by atoms with Crippen LogP contribution in [0.25, 0.3) is 66.8 Å². The van der Waals surface area contributed by atoms with Gasteiger partial charge in [0.05, 0.1) is 20.0 Å². The molecular weight excluding hydrogens is 1020 g/mol. The van der Waals surface area contributed by atoms with Gasteiger partial charge in [0, 0.05) is 33.6 Å². The second kappa shape index (κ2) is 19.7. The molecule has 0 N–H and O–H groups in total. The molecule has 0 radical (unpaired) electrons. The van der Waals surface area contributed by atoms with Gasteiger partial charge in [0.1, 0.15) is 5.58 Å². The van der Waals surface area contributed by atoms with E-state index in [1.807, 2.05) is 91.3 Å². The fraction of sp³-hybridized carbons (Fsp3) is 0.175. The first-order chi connectivity index (χ1) is 36.6. The summed E-state index contributed by atoms with van der Waals surface area (Å²) in [6.45, 7) is 5.76. The molecule has 4 aromatic heterocycles. The van der Waals surface area contributed by atoms with E-state index in [1.165, 1.54) is 24.4 Å². The van der Waals surface area contributed by atoms with Gasteiger partial charge in [-0.2, -0.15) is 5.26 Å². The van der Waals surface area contributed by atoms with Gasteiger partial charge in [-0.1, -0.05) is 118 Å². The average molecular weight is 1080 g/mol. The summed E-state index contributed by atoms with van der Waals surface area (Å²) in [6, 6.07) is 52.7. The number of aromatic nitrogens is 3. The van der Waals surface area contributed by atoms with E-state index < -0.39 is 30.4 Å². The van der Waals surface area contributed by atoms with Crippen LogP contribution in [0.4, 0.5) is 0 Å². The third kappa shape index (κ3) is 9.99. The molecular formula is C63H51IrN4O. The van der Waals surface area contributed by atoms with E-state index in [0.717, 1.165) is 44.8 Å². The predicted molar refractivity (Wildman–Crippen MR) is 275 cm³/mol. The Morgan fingerprint density at radius 1 is 0.638 bits per heavy atom. The summed E-state index contributed by atoms with van der Waals surface area (Å²) in [5, 5.41) is 10.7. The summed E-state index contributed by atoms with van der Waals surface area (Å²) in [6.07, 6.45) is 0.212. The molecule has 338 valence electrons. The minimum absolute atomic E-state index is 0. The Bertz CT molecular complexity index is 3780. The first kappa shape index (κ1) is 36.7. The van der Waals surface area contributed by atoms with Crippen LogP contribution in [-0.4, -0.2) is 15.0 Å². The predicted octanol–water partition coefficient (Wildman–Crippen LogP) is 14.8. The molecule has 0 atom stereocenters. The number of hydrogen-bond acceptors (Lipinski definition) is 5. The molecule has 0 unspecified atom stereocenters. The zero-order chi connectivity index (χ0) is 54.7. The normalized spacial score (nSPS) is 14.2.